The van der Waals surface area contributed by atoms with Crippen LogP contribution in [-0.2, 0) is 32.4 Å². The number of rotatable bonds is 3. The molecule has 0 atom stereocenters. The van der Waals surface area contributed by atoms with Crippen LogP contribution >= 0.6 is 0 Å². The van der Waals surface area contributed by atoms with Crippen molar-refractivity contribution in [1.29, 1.82) is 0 Å². The predicted octanol–water partition coefficient (Wildman–Crippen LogP) is -0.302. The summed E-state index contributed by atoms with van der Waals surface area (Å²) in [6, 6.07) is 6.69. The number of imidazole rings is 1. The number of aromatic nitrogens is 4. The maximum Gasteiger partial charge on any atom is 0.389 e. The maximum atomic E-state index is 12.8. The molecule has 2 aromatic heterocycles. The number of benzene rings is 1. The van der Waals surface area contributed by atoms with Crippen molar-refractivity contribution in [1.82, 2.24) is 13.7 Å². The molecule has 0 saturated carbocycles. The van der Waals surface area contributed by atoms with E-state index in [4.69, 9.17) is 4.74 Å². The van der Waals surface area contributed by atoms with Gasteiger partial charge in [0.05, 0.1) is 40.4 Å². The molecule has 0 aliphatic rings. The molecule has 0 bridgehead atoms. The Bertz CT molecular complexity index is 1100. The summed E-state index contributed by atoms with van der Waals surface area (Å²) in [6.45, 7) is 0.0706. The van der Waals surface area contributed by atoms with Gasteiger partial charge >= 0.3 is 17.2 Å². The fourth-order valence-corrected chi connectivity index (χ4v) is 3.06. The molecule has 8 heteroatoms. The highest BCUT2D eigenvalue weighted by Gasteiger charge is 2.22. The Morgan fingerprint density at radius 1 is 1.24 bits per heavy atom. The van der Waals surface area contributed by atoms with Crippen LogP contribution in [-0.4, -0.2) is 26.8 Å². The van der Waals surface area contributed by atoms with Crippen LogP contribution in [0.2, 0.25) is 0 Å². The summed E-state index contributed by atoms with van der Waals surface area (Å²) < 4.78 is 10.7. The quantitative estimate of drug-likeness (QED) is 0.483. The van der Waals surface area contributed by atoms with Gasteiger partial charge in [-0.05, 0) is 17.7 Å². The van der Waals surface area contributed by atoms with Crippen molar-refractivity contribution >= 4 is 17.1 Å². The van der Waals surface area contributed by atoms with Crippen LogP contribution in [0.4, 0.5) is 0 Å². The van der Waals surface area contributed by atoms with Crippen LogP contribution in [0, 0.1) is 0 Å². The number of ether oxygens (including phenoxy) is 1. The smallest absolute Gasteiger partial charge is 0.389 e. The summed E-state index contributed by atoms with van der Waals surface area (Å²) in [5.41, 5.74) is 1.24. The molecule has 0 unspecified atom stereocenters. The van der Waals surface area contributed by atoms with Crippen molar-refractivity contribution in [2.75, 3.05) is 7.11 Å². The first-order valence-corrected chi connectivity index (χ1v) is 7.67. The van der Waals surface area contributed by atoms with Gasteiger partial charge in [-0.25, -0.2) is 23.3 Å². The molecule has 0 saturated heterocycles. The second-order valence-corrected chi connectivity index (χ2v) is 5.93. The van der Waals surface area contributed by atoms with Gasteiger partial charge < -0.3 is 4.74 Å². The van der Waals surface area contributed by atoms with Gasteiger partial charge in [0.25, 0.3) is 5.65 Å². The van der Waals surface area contributed by atoms with E-state index < -0.39 is 11.7 Å². The van der Waals surface area contributed by atoms with Crippen LogP contribution in [0.15, 0.2) is 40.2 Å². The Morgan fingerprint density at radius 2 is 1.96 bits per heavy atom. The highest BCUT2D eigenvalue weighted by Crippen LogP contribution is 2.08. The zero-order valence-corrected chi connectivity index (χ0v) is 14.5. The molecule has 1 aromatic carbocycles. The number of nitrogens with zero attached hydrogens (tertiary/aromatic N) is 4. The molecule has 8 nitrogen and oxygen atoms in total. The van der Waals surface area contributed by atoms with E-state index in [1.807, 2.05) is 0 Å². The topological polar surface area (TPSA) is 79.1 Å². The van der Waals surface area contributed by atoms with Crippen molar-refractivity contribution in [2.24, 2.45) is 21.1 Å². The maximum absolute atomic E-state index is 12.8. The van der Waals surface area contributed by atoms with Gasteiger partial charge in [-0.1, -0.05) is 12.1 Å². The summed E-state index contributed by atoms with van der Waals surface area (Å²) >= 11 is 0. The lowest BCUT2D eigenvalue weighted by Gasteiger charge is -2.07. The second kappa shape index (κ2) is 6.04. The van der Waals surface area contributed by atoms with Gasteiger partial charge in [0.1, 0.15) is 0 Å². The molecule has 0 aliphatic heterocycles. The average molecular weight is 343 g/mol. The molecular formula is C17H19N4O4+. The number of hydrogen-bond acceptors (Lipinski definition) is 4. The van der Waals surface area contributed by atoms with Crippen LogP contribution in [0.5, 0.6) is 0 Å². The fourth-order valence-electron chi connectivity index (χ4n) is 3.06. The zero-order valence-electron chi connectivity index (χ0n) is 14.5. The van der Waals surface area contributed by atoms with E-state index in [0.29, 0.717) is 22.3 Å². The van der Waals surface area contributed by atoms with E-state index in [-0.39, 0.29) is 12.1 Å². The molecule has 3 aromatic rings. The van der Waals surface area contributed by atoms with Gasteiger partial charge in [-0.15, -0.1) is 0 Å². The van der Waals surface area contributed by atoms with E-state index in [2.05, 4.69) is 0 Å². The molecule has 130 valence electrons. The Labute approximate surface area is 143 Å². The highest BCUT2D eigenvalue weighted by atomic mass is 16.5. The zero-order chi connectivity index (χ0) is 18.3. The number of carbonyl (C=O) groups excluding carboxylic acids is 1. The van der Waals surface area contributed by atoms with Crippen LogP contribution in [0.3, 0.4) is 0 Å². The van der Waals surface area contributed by atoms with Crippen molar-refractivity contribution in [3.63, 3.8) is 0 Å². The predicted molar refractivity (Wildman–Crippen MR) is 90.5 cm³/mol. The number of methoxy groups -OCH3 is 1. The molecule has 0 N–H and O–H groups in total. The van der Waals surface area contributed by atoms with Crippen LogP contribution < -0.4 is 15.8 Å². The Morgan fingerprint density at radius 3 is 2.64 bits per heavy atom. The summed E-state index contributed by atoms with van der Waals surface area (Å²) in [6.07, 6.45) is 1.74. The van der Waals surface area contributed by atoms with Crippen molar-refractivity contribution in [3.05, 3.63) is 62.6 Å². The summed E-state index contributed by atoms with van der Waals surface area (Å²) in [4.78, 5) is 37.2. The van der Waals surface area contributed by atoms with E-state index in [9.17, 15) is 14.4 Å². The van der Waals surface area contributed by atoms with E-state index in [1.165, 1.54) is 16.2 Å². The third-order valence-electron chi connectivity index (χ3n) is 4.22. The summed E-state index contributed by atoms with van der Waals surface area (Å²) in [7, 11) is 6.48. The number of fused-ring (bicyclic) bond motifs is 1. The Hall–Kier alpha value is -3.16. The first-order chi connectivity index (χ1) is 11.8. The molecule has 0 fully saturated rings. The fraction of sp³-hybridized carbons (Fsp3) is 0.294. The minimum atomic E-state index is -0.466. The number of hydrogen-bond donors (Lipinski definition) is 0. The van der Waals surface area contributed by atoms with Gasteiger partial charge in [-0.3, -0.25) is 9.36 Å². The van der Waals surface area contributed by atoms with Crippen molar-refractivity contribution in [2.45, 2.75) is 6.54 Å². The normalized spacial score (nSPS) is 11.0. The lowest BCUT2D eigenvalue weighted by atomic mass is 10.1. The Kier molecular flexibility index (Phi) is 4.03. The van der Waals surface area contributed by atoms with Crippen molar-refractivity contribution < 1.29 is 14.1 Å². The summed E-state index contributed by atoms with van der Waals surface area (Å²) in [5.74, 6) is -0.466. The van der Waals surface area contributed by atoms with E-state index in [0.717, 1.165) is 0 Å². The summed E-state index contributed by atoms with van der Waals surface area (Å²) in [5, 5.41) is 0. The lowest BCUT2D eigenvalue weighted by Crippen LogP contribution is -2.42. The molecule has 25 heavy (non-hydrogen) atoms. The molecular weight excluding hydrogens is 324 g/mol. The van der Waals surface area contributed by atoms with E-state index >= 15 is 0 Å². The molecule has 0 radical (unpaired) electrons. The molecule has 3 rings (SSSR count). The third-order valence-corrected chi connectivity index (χ3v) is 4.22. The third kappa shape index (κ3) is 2.65. The monoisotopic (exact) mass is 343 g/mol. The van der Waals surface area contributed by atoms with Gasteiger partial charge in [0.2, 0.25) is 5.52 Å². The van der Waals surface area contributed by atoms with Crippen LogP contribution in [0.1, 0.15) is 15.9 Å². The molecule has 0 amide bonds. The number of esters is 1. The molecule has 0 spiro atoms. The minimum Gasteiger partial charge on any atom is -0.465 e. The first kappa shape index (κ1) is 16.7. The highest BCUT2D eigenvalue weighted by molar-refractivity contribution is 5.89. The van der Waals surface area contributed by atoms with Crippen LogP contribution in [0.25, 0.3) is 11.2 Å². The minimum absolute atomic E-state index is 0.0706. The van der Waals surface area contributed by atoms with Gasteiger partial charge in [0.15, 0.2) is 6.33 Å². The van der Waals surface area contributed by atoms with Gasteiger partial charge in [-0.2, -0.15) is 0 Å². The standard InChI is InChI=1S/C17H19N4O4/c1-18-10-19(2)14-13(18)15(22)21(17(24)20(14)3)9-11-6-5-7-12(8-11)16(23)25-4/h5-8,10H,9H2,1-4H3/q+1. The van der Waals surface area contributed by atoms with E-state index in [1.54, 1.807) is 60.9 Å². The Balaban J connectivity index is 2.18. The van der Waals surface area contributed by atoms with Crippen molar-refractivity contribution in [3.8, 4) is 0 Å². The second-order valence-electron chi connectivity index (χ2n) is 5.93. The SMILES string of the molecule is COC(=O)c1cccc(Cn2c(=O)c3c(n(C)c2=O)[n+](C)cn3C)c1. The number of aryl methyl sites for hydroxylation is 3. The average Bonchev–Trinajstić information content (AvgIpc) is 2.90. The largest absolute Gasteiger partial charge is 0.465 e. The lowest BCUT2D eigenvalue weighted by molar-refractivity contribution is -0.648. The molecule has 2 heterocycles. The first-order valence-electron chi connectivity index (χ1n) is 7.67. The number of carbonyl (C=O) groups is 1. The molecule has 0 aliphatic carbocycles. The van der Waals surface area contributed by atoms with Gasteiger partial charge in [0, 0.05) is 0 Å².